The van der Waals surface area contributed by atoms with Gasteiger partial charge in [0.1, 0.15) is 0 Å². The van der Waals surface area contributed by atoms with Crippen molar-refractivity contribution in [1.82, 2.24) is 10.2 Å². The molecule has 1 aromatic rings. The van der Waals surface area contributed by atoms with Crippen LogP contribution in [0.15, 0.2) is 6.20 Å². The molecule has 0 radical (unpaired) electrons. The molecular formula is C9H15N3O. The molecule has 13 heavy (non-hydrogen) atoms. The lowest BCUT2D eigenvalue weighted by Crippen LogP contribution is -2.19. The zero-order valence-corrected chi connectivity index (χ0v) is 8.22. The Bertz CT molecular complexity index is 293. The lowest BCUT2D eigenvalue weighted by atomic mass is 10.1. The van der Waals surface area contributed by atoms with E-state index in [2.05, 4.69) is 15.5 Å². The highest BCUT2D eigenvalue weighted by Crippen LogP contribution is 2.12. The number of carbonyl (C=O) groups excluding carboxylic acids is 1. The molecule has 0 aliphatic carbocycles. The van der Waals surface area contributed by atoms with Crippen LogP contribution in [-0.4, -0.2) is 16.1 Å². The number of carbonyl (C=O) groups is 1. The van der Waals surface area contributed by atoms with Crippen molar-refractivity contribution in [1.29, 1.82) is 0 Å². The van der Waals surface area contributed by atoms with E-state index in [4.69, 9.17) is 0 Å². The average Bonchev–Trinajstić information content (AvgIpc) is 2.50. The Hall–Kier alpha value is -1.32. The van der Waals surface area contributed by atoms with Gasteiger partial charge in [-0.1, -0.05) is 13.8 Å². The van der Waals surface area contributed by atoms with Gasteiger partial charge in [-0.25, -0.2) is 0 Å². The highest BCUT2D eigenvalue weighted by Gasteiger charge is 2.11. The quantitative estimate of drug-likeness (QED) is 0.745. The SMILES string of the molecule is CCC(C)C(=O)Nc1cn[nH]c1C. The van der Waals surface area contributed by atoms with E-state index < -0.39 is 0 Å². The van der Waals surface area contributed by atoms with Gasteiger partial charge in [0.05, 0.1) is 17.6 Å². The predicted octanol–water partition coefficient (Wildman–Crippen LogP) is 1.70. The lowest BCUT2D eigenvalue weighted by molar-refractivity contribution is -0.119. The molecule has 1 amide bonds. The summed E-state index contributed by atoms with van der Waals surface area (Å²) in [6.07, 6.45) is 2.47. The van der Waals surface area contributed by atoms with Gasteiger partial charge in [0.15, 0.2) is 0 Å². The zero-order chi connectivity index (χ0) is 9.84. The molecular weight excluding hydrogens is 166 g/mol. The van der Waals surface area contributed by atoms with Crippen molar-refractivity contribution in [2.24, 2.45) is 5.92 Å². The maximum Gasteiger partial charge on any atom is 0.227 e. The smallest absolute Gasteiger partial charge is 0.227 e. The number of nitrogens with zero attached hydrogens (tertiary/aromatic N) is 1. The van der Waals surface area contributed by atoms with E-state index in [1.807, 2.05) is 20.8 Å². The van der Waals surface area contributed by atoms with Crippen LogP contribution >= 0.6 is 0 Å². The van der Waals surface area contributed by atoms with Crippen molar-refractivity contribution in [3.63, 3.8) is 0 Å². The summed E-state index contributed by atoms with van der Waals surface area (Å²) in [7, 11) is 0. The Morgan fingerprint density at radius 2 is 2.46 bits per heavy atom. The first-order chi connectivity index (χ1) is 6.15. The third-order valence-electron chi connectivity index (χ3n) is 2.15. The first-order valence-corrected chi connectivity index (χ1v) is 4.46. The van der Waals surface area contributed by atoms with Crippen molar-refractivity contribution in [3.8, 4) is 0 Å². The predicted molar refractivity (Wildman–Crippen MR) is 51.4 cm³/mol. The zero-order valence-electron chi connectivity index (χ0n) is 8.22. The minimum atomic E-state index is 0.0481. The van der Waals surface area contributed by atoms with Crippen molar-refractivity contribution in [2.75, 3.05) is 5.32 Å². The Morgan fingerprint density at radius 1 is 1.77 bits per heavy atom. The number of rotatable bonds is 3. The molecule has 4 nitrogen and oxygen atoms in total. The number of aromatic nitrogens is 2. The van der Waals surface area contributed by atoms with Crippen LogP contribution in [0.5, 0.6) is 0 Å². The van der Waals surface area contributed by atoms with Gasteiger partial charge < -0.3 is 5.32 Å². The van der Waals surface area contributed by atoms with Crippen LogP contribution in [0, 0.1) is 12.8 Å². The van der Waals surface area contributed by atoms with E-state index in [-0.39, 0.29) is 11.8 Å². The van der Waals surface area contributed by atoms with Crippen LogP contribution in [0.3, 0.4) is 0 Å². The fourth-order valence-electron chi connectivity index (χ4n) is 0.918. The molecule has 4 heteroatoms. The fraction of sp³-hybridized carbons (Fsp3) is 0.556. The molecule has 0 saturated carbocycles. The number of hydrogen-bond acceptors (Lipinski definition) is 2. The minimum Gasteiger partial charge on any atom is -0.323 e. The summed E-state index contributed by atoms with van der Waals surface area (Å²) in [5.41, 5.74) is 1.65. The monoisotopic (exact) mass is 181 g/mol. The summed E-state index contributed by atoms with van der Waals surface area (Å²) in [5.74, 6) is 0.0984. The summed E-state index contributed by atoms with van der Waals surface area (Å²) >= 11 is 0. The molecule has 1 rings (SSSR count). The van der Waals surface area contributed by atoms with Crippen LogP contribution in [0.25, 0.3) is 0 Å². The molecule has 0 saturated heterocycles. The Kier molecular flexibility index (Phi) is 3.06. The van der Waals surface area contributed by atoms with Gasteiger partial charge >= 0.3 is 0 Å². The largest absolute Gasteiger partial charge is 0.323 e. The van der Waals surface area contributed by atoms with Crippen molar-refractivity contribution >= 4 is 11.6 Å². The molecule has 0 aliphatic heterocycles. The van der Waals surface area contributed by atoms with Gasteiger partial charge in [-0.15, -0.1) is 0 Å². The second kappa shape index (κ2) is 4.07. The third-order valence-corrected chi connectivity index (χ3v) is 2.15. The number of aromatic amines is 1. The third kappa shape index (κ3) is 2.31. The lowest BCUT2D eigenvalue weighted by Gasteiger charge is -2.08. The normalized spacial score (nSPS) is 12.5. The molecule has 0 bridgehead atoms. The molecule has 0 fully saturated rings. The van der Waals surface area contributed by atoms with E-state index in [1.165, 1.54) is 0 Å². The standard InChI is InChI=1S/C9H15N3O/c1-4-6(2)9(13)11-8-5-10-12-7(8)3/h5-6H,4H2,1-3H3,(H,10,12)(H,11,13). The van der Waals surface area contributed by atoms with E-state index in [0.29, 0.717) is 0 Å². The Labute approximate surface area is 77.7 Å². The molecule has 1 heterocycles. The Balaban J connectivity index is 2.60. The van der Waals surface area contributed by atoms with E-state index in [1.54, 1.807) is 6.20 Å². The van der Waals surface area contributed by atoms with E-state index >= 15 is 0 Å². The number of nitrogens with one attached hydrogen (secondary N) is 2. The molecule has 2 N–H and O–H groups in total. The van der Waals surface area contributed by atoms with E-state index in [9.17, 15) is 4.79 Å². The summed E-state index contributed by atoms with van der Waals surface area (Å²) in [6.45, 7) is 5.77. The van der Waals surface area contributed by atoms with Crippen molar-refractivity contribution in [3.05, 3.63) is 11.9 Å². The van der Waals surface area contributed by atoms with Crippen LogP contribution < -0.4 is 5.32 Å². The Morgan fingerprint density at radius 3 is 2.92 bits per heavy atom. The van der Waals surface area contributed by atoms with Crippen molar-refractivity contribution < 1.29 is 4.79 Å². The average molecular weight is 181 g/mol. The summed E-state index contributed by atoms with van der Waals surface area (Å²) in [5, 5.41) is 9.39. The molecule has 0 aliphatic rings. The van der Waals surface area contributed by atoms with Crippen LogP contribution in [0.1, 0.15) is 26.0 Å². The molecule has 1 atom stereocenters. The van der Waals surface area contributed by atoms with Crippen molar-refractivity contribution in [2.45, 2.75) is 27.2 Å². The summed E-state index contributed by atoms with van der Waals surface area (Å²) < 4.78 is 0. The topological polar surface area (TPSA) is 57.8 Å². The van der Waals surface area contributed by atoms with Crippen LogP contribution in [-0.2, 0) is 4.79 Å². The highest BCUT2D eigenvalue weighted by molar-refractivity contribution is 5.92. The second-order valence-electron chi connectivity index (χ2n) is 3.21. The summed E-state index contributed by atoms with van der Waals surface area (Å²) in [6, 6.07) is 0. The first-order valence-electron chi connectivity index (χ1n) is 4.46. The molecule has 0 spiro atoms. The number of H-pyrrole nitrogens is 1. The minimum absolute atomic E-state index is 0.0481. The van der Waals surface area contributed by atoms with Crippen LogP contribution in [0.4, 0.5) is 5.69 Å². The van der Waals surface area contributed by atoms with E-state index in [0.717, 1.165) is 17.8 Å². The van der Waals surface area contributed by atoms with Gasteiger partial charge in [-0.3, -0.25) is 9.89 Å². The molecule has 1 aromatic heterocycles. The fourth-order valence-corrected chi connectivity index (χ4v) is 0.918. The maximum atomic E-state index is 11.4. The first kappa shape index (κ1) is 9.77. The number of hydrogen-bond donors (Lipinski definition) is 2. The molecule has 0 aromatic carbocycles. The van der Waals surface area contributed by atoms with Gasteiger partial charge in [0.25, 0.3) is 0 Å². The maximum absolute atomic E-state index is 11.4. The second-order valence-corrected chi connectivity index (χ2v) is 3.21. The van der Waals surface area contributed by atoms with Crippen LogP contribution in [0.2, 0.25) is 0 Å². The van der Waals surface area contributed by atoms with Gasteiger partial charge in [0.2, 0.25) is 5.91 Å². The number of amides is 1. The van der Waals surface area contributed by atoms with Gasteiger partial charge in [-0.05, 0) is 13.3 Å². The molecule has 1 unspecified atom stereocenters. The molecule has 72 valence electrons. The summed E-state index contributed by atoms with van der Waals surface area (Å²) in [4.78, 5) is 11.4. The van der Waals surface area contributed by atoms with Gasteiger partial charge in [0, 0.05) is 5.92 Å². The highest BCUT2D eigenvalue weighted by atomic mass is 16.1. The number of aryl methyl sites for hydroxylation is 1. The van der Waals surface area contributed by atoms with Gasteiger partial charge in [-0.2, -0.15) is 5.10 Å². The number of anilines is 1.